The van der Waals surface area contributed by atoms with Gasteiger partial charge in [-0.3, -0.25) is 0 Å². The van der Waals surface area contributed by atoms with Gasteiger partial charge in [0.15, 0.2) is 0 Å². The van der Waals surface area contributed by atoms with Crippen LogP contribution < -0.4 is 10.1 Å². The van der Waals surface area contributed by atoms with Crippen molar-refractivity contribution in [1.82, 2.24) is 5.32 Å². The van der Waals surface area contributed by atoms with E-state index in [4.69, 9.17) is 9.47 Å². The van der Waals surface area contributed by atoms with Crippen LogP contribution in [0.3, 0.4) is 0 Å². The zero-order valence-electron chi connectivity index (χ0n) is 12.0. The highest BCUT2D eigenvalue weighted by Crippen LogP contribution is 2.21. The summed E-state index contributed by atoms with van der Waals surface area (Å²) >= 11 is 0. The highest BCUT2D eigenvalue weighted by Gasteiger charge is 2.14. The molecular weight excluding hydrogens is 238 g/mol. The fourth-order valence-electron chi connectivity index (χ4n) is 2.42. The molecule has 1 atom stereocenters. The lowest BCUT2D eigenvalue weighted by atomic mass is 10.0. The molecule has 1 heterocycles. The fourth-order valence-corrected chi connectivity index (χ4v) is 2.42. The summed E-state index contributed by atoms with van der Waals surface area (Å²) in [5, 5.41) is 3.42. The Kier molecular flexibility index (Phi) is 5.67. The van der Waals surface area contributed by atoms with E-state index in [-0.39, 0.29) is 0 Å². The third kappa shape index (κ3) is 4.51. The highest BCUT2D eigenvalue weighted by molar-refractivity contribution is 5.30. The van der Waals surface area contributed by atoms with Gasteiger partial charge in [0.2, 0.25) is 0 Å². The summed E-state index contributed by atoms with van der Waals surface area (Å²) in [6.07, 6.45) is 2.24. The average Bonchev–Trinajstić information content (AvgIpc) is 2.47. The minimum absolute atomic E-state index is 0.372. The van der Waals surface area contributed by atoms with Gasteiger partial charge in [0, 0.05) is 19.3 Å². The molecule has 19 heavy (non-hydrogen) atoms. The van der Waals surface area contributed by atoms with Gasteiger partial charge < -0.3 is 14.8 Å². The van der Waals surface area contributed by atoms with Gasteiger partial charge in [0.25, 0.3) is 0 Å². The molecule has 1 aliphatic rings. The summed E-state index contributed by atoms with van der Waals surface area (Å²) < 4.78 is 11.3. The van der Waals surface area contributed by atoms with Gasteiger partial charge in [-0.2, -0.15) is 0 Å². The minimum Gasteiger partial charge on any atom is -0.493 e. The van der Waals surface area contributed by atoms with Gasteiger partial charge in [0.05, 0.1) is 6.61 Å². The fraction of sp³-hybridized carbons (Fsp3) is 0.625. The maximum Gasteiger partial charge on any atom is 0.119 e. The molecule has 1 unspecified atom stereocenters. The second kappa shape index (κ2) is 7.51. The maximum atomic E-state index is 5.93. The largest absolute Gasteiger partial charge is 0.493 e. The monoisotopic (exact) mass is 263 g/mol. The standard InChI is InChI=1S/C16H25NO2/c1-3-17-13(2)15-5-4-6-16(11-15)19-12-14-7-9-18-10-8-14/h4-6,11,13-14,17H,3,7-10,12H2,1-2H3. The van der Waals surface area contributed by atoms with E-state index in [0.29, 0.717) is 12.0 Å². The smallest absolute Gasteiger partial charge is 0.119 e. The highest BCUT2D eigenvalue weighted by atomic mass is 16.5. The molecule has 0 spiro atoms. The first-order valence-electron chi connectivity index (χ1n) is 7.33. The first kappa shape index (κ1) is 14.4. The Hall–Kier alpha value is -1.06. The minimum atomic E-state index is 0.372. The zero-order valence-corrected chi connectivity index (χ0v) is 12.0. The van der Waals surface area contributed by atoms with E-state index in [1.165, 1.54) is 5.56 Å². The Balaban J connectivity index is 1.87. The normalized spacial score (nSPS) is 18.2. The van der Waals surface area contributed by atoms with Gasteiger partial charge in [0.1, 0.15) is 5.75 Å². The van der Waals surface area contributed by atoms with E-state index in [1.807, 2.05) is 6.07 Å². The predicted molar refractivity (Wildman–Crippen MR) is 77.6 cm³/mol. The lowest BCUT2D eigenvalue weighted by Gasteiger charge is -2.22. The molecule has 0 radical (unpaired) electrons. The molecule has 0 aliphatic carbocycles. The summed E-state index contributed by atoms with van der Waals surface area (Å²) in [4.78, 5) is 0. The number of ether oxygens (including phenoxy) is 2. The van der Waals surface area contributed by atoms with Crippen LogP contribution in [-0.2, 0) is 4.74 Å². The summed E-state index contributed by atoms with van der Waals surface area (Å²) in [5.74, 6) is 1.62. The quantitative estimate of drug-likeness (QED) is 0.855. The van der Waals surface area contributed by atoms with Gasteiger partial charge >= 0.3 is 0 Å². The maximum absolute atomic E-state index is 5.93. The SMILES string of the molecule is CCNC(C)c1cccc(OCC2CCOCC2)c1. The molecular formula is C16H25NO2. The molecule has 1 aromatic carbocycles. The number of hydrogen-bond acceptors (Lipinski definition) is 3. The Morgan fingerprint density at radius 3 is 2.89 bits per heavy atom. The van der Waals surface area contributed by atoms with Crippen LogP contribution in [0.25, 0.3) is 0 Å². The Morgan fingerprint density at radius 2 is 2.16 bits per heavy atom. The van der Waals surface area contributed by atoms with E-state index < -0.39 is 0 Å². The molecule has 0 bridgehead atoms. The van der Waals surface area contributed by atoms with Crippen molar-refractivity contribution >= 4 is 0 Å². The van der Waals surface area contributed by atoms with Gasteiger partial charge in [-0.05, 0) is 49.9 Å². The van der Waals surface area contributed by atoms with Crippen molar-refractivity contribution in [2.24, 2.45) is 5.92 Å². The Bertz CT molecular complexity index is 375. The first-order chi connectivity index (χ1) is 9.29. The molecule has 2 rings (SSSR count). The summed E-state index contributed by atoms with van der Waals surface area (Å²) in [7, 11) is 0. The molecule has 1 saturated heterocycles. The van der Waals surface area contributed by atoms with Gasteiger partial charge in [-0.1, -0.05) is 19.1 Å². The lowest BCUT2D eigenvalue weighted by molar-refractivity contribution is 0.0497. The van der Waals surface area contributed by atoms with Crippen LogP contribution in [0.1, 0.15) is 38.3 Å². The molecule has 1 fully saturated rings. The number of hydrogen-bond donors (Lipinski definition) is 1. The number of rotatable bonds is 6. The lowest BCUT2D eigenvalue weighted by Crippen LogP contribution is -2.21. The average molecular weight is 263 g/mol. The van der Waals surface area contributed by atoms with Crippen LogP contribution >= 0.6 is 0 Å². The van der Waals surface area contributed by atoms with Crippen LogP contribution in [-0.4, -0.2) is 26.4 Å². The molecule has 1 aromatic rings. The van der Waals surface area contributed by atoms with Crippen molar-refractivity contribution in [2.75, 3.05) is 26.4 Å². The van der Waals surface area contributed by atoms with Gasteiger partial charge in [-0.15, -0.1) is 0 Å². The molecule has 1 N–H and O–H groups in total. The summed E-state index contributed by atoms with van der Waals surface area (Å²) in [6, 6.07) is 8.78. The van der Waals surface area contributed by atoms with Gasteiger partial charge in [-0.25, -0.2) is 0 Å². The van der Waals surface area contributed by atoms with E-state index in [9.17, 15) is 0 Å². The van der Waals surface area contributed by atoms with Crippen LogP contribution in [0.2, 0.25) is 0 Å². The van der Waals surface area contributed by atoms with Crippen molar-refractivity contribution < 1.29 is 9.47 Å². The molecule has 3 nitrogen and oxygen atoms in total. The van der Waals surface area contributed by atoms with Crippen molar-refractivity contribution in [1.29, 1.82) is 0 Å². The van der Waals surface area contributed by atoms with Crippen LogP contribution in [0.4, 0.5) is 0 Å². The first-order valence-corrected chi connectivity index (χ1v) is 7.33. The zero-order chi connectivity index (χ0) is 13.5. The topological polar surface area (TPSA) is 30.5 Å². The van der Waals surface area contributed by atoms with E-state index in [2.05, 4.69) is 37.4 Å². The second-order valence-corrected chi connectivity index (χ2v) is 5.22. The molecule has 3 heteroatoms. The summed E-state index contributed by atoms with van der Waals surface area (Å²) in [6.45, 7) is 7.86. The number of benzene rings is 1. The van der Waals surface area contributed by atoms with E-state index in [1.54, 1.807) is 0 Å². The third-order valence-electron chi connectivity index (χ3n) is 3.69. The van der Waals surface area contributed by atoms with Crippen LogP contribution in [0.5, 0.6) is 5.75 Å². The van der Waals surface area contributed by atoms with E-state index >= 15 is 0 Å². The molecule has 0 amide bonds. The van der Waals surface area contributed by atoms with E-state index in [0.717, 1.165) is 45.0 Å². The third-order valence-corrected chi connectivity index (χ3v) is 3.69. The van der Waals surface area contributed by atoms with Crippen molar-refractivity contribution in [3.05, 3.63) is 29.8 Å². The Labute approximate surface area is 116 Å². The molecule has 0 saturated carbocycles. The second-order valence-electron chi connectivity index (χ2n) is 5.22. The Morgan fingerprint density at radius 1 is 1.37 bits per heavy atom. The number of nitrogens with one attached hydrogen (secondary N) is 1. The molecule has 0 aromatic heterocycles. The van der Waals surface area contributed by atoms with Crippen molar-refractivity contribution in [3.63, 3.8) is 0 Å². The van der Waals surface area contributed by atoms with Crippen molar-refractivity contribution in [2.45, 2.75) is 32.7 Å². The summed E-state index contributed by atoms with van der Waals surface area (Å²) in [5.41, 5.74) is 1.28. The van der Waals surface area contributed by atoms with Crippen LogP contribution in [0.15, 0.2) is 24.3 Å². The predicted octanol–water partition coefficient (Wildman–Crippen LogP) is 3.16. The van der Waals surface area contributed by atoms with Crippen molar-refractivity contribution in [3.8, 4) is 5.75 Å². The molecule has 1 aliphatic heterocycles. The van der Waals surface area contributed by atoms with Crippen LogP contribution in [0, 0.1) is 5.92 Å². The molecule has 106 valence electrons.